The number of hydrogen-bond donors (Lipinski definition) is 0. The summed E-state index contributed by atoms with van der Waals surface area (Å²) in [7, 11) is -4.57. The third-order valence-corrected chi connectivity index (χ3v) is 4.36. The summed E-state index contributed by atoms with van der Waals surface area (Å²) in [5.74, 6) is -0.288. The summed E-state index contributed by atoms with van der Waals surface area (Å²) in [6, 6.07) is 6.01. The predicted octanol–water partition coefficient (Wildman–Crippen LogP) is 4.03. The van der Waals surface area contributed by atoms with Crippen LogP contribution in [0.1, 0.15) is 5.56 Å². The number of halogens is 4. The van der Waals surface area contributed by atoms with Crippen molar-refractivity contribution in [3.05, 3.63) is 63.2 Å². The van der Waals surface area contributed by atoms with Gasteiger partial charge in [0.1, 0.15) is 10.6 Å². The van der Waals surface area contributed by atoms with Crippen molar-refractivity contribution >= 4 is 27.4 Å². The van der Waals surface area contributed by atoms with Crippen LogP contribution in [0.2, 0.25) is 5.02 Å². The molecule has 0 aliphatic carbocycles. The van der Waals surface area contributed by atoms with E-state index in [4.69, 9.17) is 11.6 Å². The summed E-state index contributed by atoms with van der Waals surface area (Å²) < 4.78 is 67.1. The van der Waals surface area contributed by atoms with Crippen molar-refractivity contribution in [2.45, 2.75) is 11.1 Å². The molecule has 0 amide bonds. The summed E-state index contributed by atoms with van der Waals surface area (Å²) in [5.41, 5.74) is -1.62. The maximum absolute atomic E-state index is 12.8. The van der Waals surface area contributed by atoms with E-state index in [9.17, 15) is 31.7 Å². The van der Waals surface area contributed by atoms with E-state index in [0.717, 1.165) is 36.4 Å². The lowest BCUT2D eigenvalue weighted by molar-refractivity contribution is -0.384. The molecule has 24 heavy (non-hydrogen) atoms. The fourth-order valence-electron chi connectivity index (χ4n) is 1.68. The van der Waals surface area contributed by atoms with E-state index in [1.807, 2.05) is 0 Å². The number of rotatable bonds is 4. The second-order valence-corrected chi connectivity index (χ2v) is 6.38. The van der Waals surface area contributed by atoms with E-state index in [2.05, 4.69) is 4.18 Å². The van der Waals surface area contributed by atoms with Gasteiger partial charge in [0, 0.05) is 12.1 Å². The molecule has 0 saturated heterocycles. The van der Waals surface area contributed by atoms with Crippen LogP contribution in [0.15, 0.2) is 47.4 Å². The largest absolute Gasteiger partial charge is 0.417 e. The summed E-state index contributed by atoms with van der Waals surface area (Å²) >= 11 is 5.42. The zero-order valence-electron chi connectivity index (χ0n) is 11.5. The van der Waals surface area contributed by atoms with Crippen molar-refractivity contribution in [1.29, 1.82) is 0 Å². The zero-order valence-corrected chi connectivity index (χ0v) is 13.0. The Morgan fingerprint density at radius 1 is 1.08 bits per heavy atom. The molecule has 0 spiro atoms. The Bertz CT molecular complexity index is 881. The molecule has 0 unspecified atom stereocenters. The van der Waals surface area contributed by atoms with Crippen LogP contribution in [0.3, 0.4) is 0 Å². The van der Waals surface area contributed by atoms with Crippen LogP contribution >= 0.6 is 11.6 Å². The van der Waals surface area contributed by atoms with Gasteiger partial charge in [-0.2, -0.15) is 21.6 Å². The van der Waals surface area contributed by atoms with Gasteiger partial charge in [0.25, 0.3) is 5.69 Å². The Kier molecular flexibility index (Phi) is 4.72. The number of nitro benzene ring substituents is 1. The normalized spacial score (nSPS) is 12.0. The lowest BCUT2D eigenvalue weighted by Gasteiger charge is -2.11. The third kappa shape index (κ3) is 3.95. The maximum Gasteiger partial charge on any atom is 0.417 e. The number of alkyl halides is 3. The quantitative estimate of drug-likeness (QED) is 0.453. The number of hydrogen-bond acceptors (Lipinski definition) is 5. The Labute approximate surface area is 138 Å². The van der Waals surface area contributed by atoms with Crippen LogP contribution in [0, 0.1) is 10.1 Å². The third-order valence-electron chi connectivity index (χ3n) is 2.79. The molecule has 0 radical (unpaired) electrons. The van der Waals surface area contributed by atoms with E-state index >= 15 is 0 Å². The van der Waals surface area contributed by atoms with E-state index < -0.39 is 36.7 Å². The molecule has 0 aromatic heterocycles. The maximum atomic E-state index is 12.8. The molecule has 2 aromatic rings. The fourth-order valence-corrected chi connectivity index (χ4v) is 2.86. The molecular formula is C13H7ClF3NO5S. The van der Waals surface area contributed by atoms with Crippen LogP contribution in [-0.4, -0.2) is 13.3 Å². The van der Waals surface area contributed by atoms with Gasteiger partial charge in [-0.1, -0.05) is 11.6 Å². The Hall–Kier alpha value is -2.33. The molecule has 0 N–H and O–H groups in total. The second-order valence-electron chi connectivity index (χ2n) is 4.43. The van der Waals surface area contributed by atoms with E-state index in [1.165, 1.54) is 0 Å². The molecule has 11 heteroatoms. The van der Waals surface area contributed by atoms with Gasteiger partial charge in [-0.15, -0.1) is 0 Å². The molecule has 0 bridgehead atoms. The van der Waals surface area contributed by atoms with Crippen LogP contribution in [0.4, 0.5) is 18.9 Å². The van der Waals surface area contributed by atoms with E-state index in [1.54, 1.807) is 0 Å². The SMILES string of the molecule is O=[N+]([O-])c1ccc(OS(=O)(=O)c2ccc(Cl)c(C(F)(F)F)c2)cc1. The summed E-state index contributed by atoms with van der Waals surface area (Å²) in [4.78, 5) is 9.06. The molecule has 128 valence electrons. The lowest BCUT2D eigenvalue weighted by Crippen LogP contribution is -2.12. The van der Waals surface area contributed by atoms with Gasteiger partial charge in [-0.3, -0.25) is 10.1 Å². The van der Waals surface area contributed by atoms with Gasteiger partial charge in [-0.05, 0) is 30.3 Å². The average molecular weight is 382 g/mol. The molecule has 0 atom stereocenters. The molecule has 0 heterocycles. The number of non-ortho nitro benzene ring substituents is 1. The highest BCUT2D eigenvalue weighted by molar-refractivity contribution is 7.87. The lowest BCUT2D eigenvalue weighted by atomic mass is 10.2. The van der Waals surface area contributed by atoms with Gasteiger partial charge < -0.3 is 4.18 Å². The van der Waals surface area contributed by atoms with Gasteiger partial charge in [0.05, 0.1) is 15.5 Å². The highest BCUT2D eigenvalue weighted by atomic mass is 35.5. The standard InChI is InChI=1S/C13H7ClF3NO5S/c14-12-6-5-10(7-11(12)13(15,16)17)24(21,22)23-9-3-1-8(2-4-9)18(19)20/h1-7H. The van der Waals surface area contributed by atoms with Gasteiger partial charge >= 0.3 is 16.3 Å². The van der Waals surface area contributed by atoms with Crippen LogP contribution in [0.25, 0.3) is 0 Å². The van der Waals surface area contributed by atoms with E-state index in [-0.39, 0.29) is 11.4 Å². The Balaban J connectivity index is 2.35. The molecule has 0 fully saturated rings. The number of nitro groups is 1. The highest BCUT2D eigenvalue weighted by Gasteiger charge is 2.34. The van der Waals surface area contributed by atoms with Crippen molar-refractivity contribution in [2.75, 3.05) is 0 Å². The molecule has 2 aromatic carbocycles. The molecule has 0 saturated carbocycles. The molecular weight excluding hydrogens is 375 g/mol. The van der Waals surface area contributed by atoms with Crippen molar-refractivity contribution in [3.63, 3.8) is 0 Å². The van der Waals surface area contributed by atoms with Crippen LogP contribution in [-0.2, 0) is 16.3 Å². The first kappa shape index (κ1) is 18.0. The molecule has 0 aliphatic rings. The first-order valence-electron chi connectivity index (χ1n) is 6.06. The van der Waals surface area contributed by atoms with Gasteiger partial charge in [0.2, 0.25) is 0 Å². The topological polar surface area (TPSA) is 86.5 Å². The molecule has 0 aliphatic heterocycles. The van der Waals surface area contributed by atoms with Crippen molar-refractivity contribution in [2.24, 2.45) is 0 Å². The number of nitrogens with zero attached hydrogens (tertiary/aromatic N) is 1. The summed E-state index contributed by atoms with van der Waals surface area (Å²) in [6.07, 6.45) is -4.84. The Morgan fingerprint density at radius 3 is 2.17 bits per heavy atom. The zero-order chi connectivity index (χ0) is 18.1. The summed E-state index contributed by atoms with van der Waals surface area (Å²) in [5, 5.41) is 9.85. The monoisotopic (exact) mass is 381 g/mol. The van der Waals surface area contributed by atoms with Crippen LogP contribution < -0.4 is 4.18 Å². The molecule has 6 nitrogen and oxygen atoms in total. The van der Waals surface area contributed by atoms with E-state index in [0.29, 0.717) is 6.07 Å². The van der Waals surface area contributed by atoms with Crippen molar-refractivity contribution in [3.8, 4) is 5.75 Å². The summed E-state index contributed by atoms with van der Waals surface area (Å²) in [6.45, 7) is 0. The Morgan fingerprint density at radius 2 is 1.67 bits per heavy atom. The van der Waals surface area contributed by atoms with Gasteiger partial charge in [-0.25, -0.2) is 0 Å². The minimum atomic E-state index is -4.84. The first-order valence-corrected chi connectivity index (χ1v) is 7.85. The first-order chi connectivity index (χ1) is 11.0. The average Bonchev–Trinajstić information content (AvgIpc) is 2.46. The minimum Gasteiger partial charge on any atom is -0.379 e. The van der Waals surface area contributed by atoms with Gasteiger partial charge in [0.15, 0.2) is 0 Å². The second kappa shape index (κ2) is 6.29. The van der Waals surface area contributed by atoms with Crippen molar-refractivity contribution < 1.29 is 30.7 Å². The number of benzene rings is 2. The molecule has 2 rings (SSSR count). The van der Waals surface area contributed by atoms with Crippen molar-refractivity contribution in [1.82, 2.24) is 0 Å². The predicted molar refractivity (Wildman–Crippen MR) is 77.4 cm³/mol. The fraction of sp³-hybridized carbons (Fsp3) is 0.0769. The highest BCUT2D eigenvalue weighted by Crippen LogP contribution is 2.36. The van der Waals surface area contributed by atoms with Crippen LogP contribution in [0.5, 0.6) is 5.75 Å². The minimum absolute atomic E-state index is 0.288. The smallest absolute Gasteiger partial charge is 0.379 e.